The van der Waals surface area contributed by atoms with E-state index in [4.69, 9.17) is 30.8 Å². The summed E-state index contributed by atoms with van der Waals surface area (Å²) in [5, 5.41) is 2.69. The molecule has 1 N–H and O–H groups in total. The van der Waals surface area contributed by atoms with Crippen molar-refractivity contribution in [2.24, 2.45) is 11.8 Å². The molecular weight excluding hydrogens is 414 g/mol. The van der Waals surface area contributed by atoms with E-state index in [0.717, 1.165) is 5.56 Å². The Morgan fingerprint density at radius 3 is 2.57 bits per heavy atom. The van der Waals surface area contributed by atoms with Gasteiger partial charge in [0, 0.05) is 0 Å². The molecule has 1 heterocycles. The molecule has 2 rings (SSSR count). The van der Waals surface area contributed by atoms with Gasteiger partial charge in [-0.15, -0.1) is 0 Å². The first-order chi connectivity index (χ1) is 14.3. The molecule has 0 aliphatic carbocycles. The molecule has 1 fully saturated rings. The van der Waals surface area contributed by atoms with Crippen molar-refractivity contribution in [2.75, 3.05) is 6.07 Å². The molecule has 1 aromatic rings. The number of rotatable bonds is 10. The molecule has 1 saturated heterocycles. The molecule has 1 aliphatic heterocycles. The van der Waals surface area contributed by atoms with Gasteiger partial charge in [-0.3, -0.25) is 9.68 Å². The van der Waals surface area contributed by atoms with E-state index in [9.17, 15) is 14.4 Å². The fraction of sp³-hybridized carbons (Fsp3) is 0.571. The quantitative estimate of drug-likeness (QED) is 0.335. The molecule has 1 amide bonds. The lowest BCUT2D eigenvalue weighted by atomic mass is 9.77. The Kier molecular flexibility index (Phi) is 8.92. The summed E-state index contributed by atoms with van der Waals surface area (Å²) in [4.78, 5) is 47.2. The van der Waals surface area contributed by atoms with E-state index in [-0.39, 0.29) is 25.0 Å². The van der Waals surface area contributed by atoms with Gasteiger partial charge in [0.05, 0.1) is 5.92 Å². The molecule has 0 bridgehead atoms. The number of carbonyl (C=O) groups is 3. The number of hydrogen-bond acceptors (Lipinski definition) is 7. The molecule has 0 spiro atoms. The molecule has 1 aromatic carbocycles. The van der Waals surface area contributed by atoms with Crippen molar-refractivity contribution in [3.05, 3.63) is 35.9 Å². The van der Waals surface area contributed by atoms with Crippen LogP contribution in [0.3, 0.4) is 0 Å². The van der Waals surface area contributed by atoms with Crippen LogP contribution in [-0.2, 0) is 35.4 Å². The molecule has 3 unspecified atom stereocenters. The highest BCUT2D eigenvalue weighted by atomic mass is 35.5. The first-order valence-electron chi connectivity index (χ1n) is 9.94. The maximum absolute atomic E-state index is 12.7. The Morgan fingerprint density at radius 2 is 1.93 bits per heavy atom. The van der Waals surface area contributed by atoms with Crippen molar-refractivity contribution >= 4 is 29.6 Å². The van der Waals surface area contributed by atoms with Crippen LogP contribution in [0.25, 0.3) is 0 Å². The van der Waals surface area contributed by atoms with Gasteiger partial charge < -0.3 is 14.8 Å². The molecule has 0 radical (unpaired) electrons. The average molecular weight is 442 g/mol. The molecule has 1 aliphatic rings. The summed E-state index contributed by atoms with van der Waals surface area (Å²) in [5.74, 6) is -1.89. The fourth-order valence-electron chi connectivity index (χ4n) is 3.39. The van der Waals surface area contributed by atoms with Crippen LogP contribution in [0.5, 0.6) is 0 Å². The summed E-state index contributed by atoms with van der Waals surface area (Å²) in [7, 11) is 0. The minimum absolute atomic E-state index is 0.0606. The van der Waals surface area contributed by atoms with Gasteiger partial charge in [0.25, 0.3) is 0 Å². The molecular formula is C21H28ClNO7. The van der Waals surface area contributed by atoms with Gasteiger partial charge in [0.2, 0.25) is 0 Å². The second kappa shape index (κ2) is 11.2. The summed E-state index contributed by atoms with van der Waals surface area (Å²) in [5.41, 5.74) is -0.600. The number of halogens is 1. The highest BCUT2D eigenvalue weighted by molar-refractivity contribution is 6.17. The maximum atomic E-state index is 12.7. The predicted molar refractivity (Wildman–Crippen MR) is 108 cm³/mol. The Balaban J connectivity index is 2.09. The summed E-state index contributed by atoms with van der Waals surface area (Å²) in [6.07, 6.45) is -0.307. The lowest BCUT2D eigenvalue weighted by molar-refractivity contribution is -0.264. The molecule has 166 valence electrons. The van der Waals surface area contributed by atoms with E-state index in [1.807, 2.05) is 44.2 Å². The third-order valence-electron chi connectivity index (χ3n) is 5.46. The first-order valence-corrected chi connectivity index (χ1v) is 10.5. The monoisotopic (exact) mass is 441 g/mol. The maximum Gasteiger partial charge on any atom is 0.408 e. The number of alkyl halides is 1. The topological polar surface area (TPSA) is 100 Å². The molecule has 0 saturated carbocycles. The first kappa shape index (κ1) is 24.0. The van der Waals surface area contributed by atoms with Crippen molar-refractivity contribution in [3.63, 3.8) is 0 Å². The van der Waals surface area contributed by atoms with E-state index in [2.05, 4.69) is 5.32 Å². The van der Waals surface area contributed by atoms with Gasteiger partial charge in [-0.25, -0.2) is 9.59 Å². The summed E-state index contributed by atoms with van der Waals surface area (Å²) in [6, 6.07) is 8.97. The number of alkyl carbamates (subject to hydrolysis) is 1. The van der Waals surface area contributed by atoms with Crippen molar-refractivity contribution < 1.29 is 33.6 Å². The number of benzene rings is 1. The number of hydrogen-bond donors (Lipinski definition) is 1. The van der Waals surface area contributed by atoms with E-state index in [1.54, 1.807) is 6.92 Å². The van der Waals surface area contributed by atoms with Crippen LogP contribution in [0.4, 0.5) is 4.79 Å². The van der Waals surface area contributed by atoms with Crippen molar-refractivity contribution in [2.45, 2.75) is 58.3 Å². The third kappa shape index (κ3) is 5.64. The van der Waals surface area contributed by atoms with E-state index in [0.29, 0.717) is 12.8 Å². The number of esters is 1. The average Bonchev–Trinajstić information content (AvgIpc) is 3.06. The van der Waals surface area contributed by atoms with Crippen LogP contribution in [0.1, 0.15) is 45.6 Å². The van der Waals surface area contributed by atoms with Crippen molar-refractivity contribution in [1.82, 2.24) is 5.32 Å². The standard InChI is InChI=1S/C21H28ClNO7/c1-4-15(3)21(23-20(26)27-12-16-8-6-5-7-9-16)17(29-30-19(21)25)11-10-14(2)18(24)28-13-22/h5-9,14-15,17H,4,10-13H2,1-3H3,(H,23,26)/t14?,15?,17?,21-/m1/s1. The van der Waals surface area contributed by atoms with Crippen LogP contribution < -0.4 is 5.32 Å². The Morgan fingerprint density at radius 1 is 1.23 bits per heavy atom. The SMILES string of the molecule is CCC(C)[C@]1(NC(=O)OCc2ccccc2)C(=O)OOC1CCC(C)C(=O)OCCl. The molecule has 30 heavy (non-hydrogen) atoms. The minimum atomic E-state index is -1.42. The smallest absolute Gasteiger partial charge is 0.408 e. The van der Waals surface area contributed by atoms with Gasteiger partial charge >= 0.3 is 18.0 Å². The minimum Gasteiger partial charge on any atom is -0.449 e. The summed E-state index contributed by atoms with van der Waals surface area (Å²) >= 11 is 5.43. The van der Waals surface area contributed by atoms with Crippen LogP contribution >= 0.6 is 11.6 Å². The van der Waals surface area contributed by atoms with E-state index >= 15 is 0 Å². The van der Waals surface area contributed by atoms with Gasteiger partial charge in [0.1, 0.15) is 12.7 Å². The highest BCUT2D eigenvalue weighted by Crippen LogP contribution is 2.36. The lowest BCUT2D eigenvalue weighted by Crippen LogP contribution is -2.62. The zero-order valence-electron chi connectivity index (χ0n) is 17.4. The van der Waals surface area contributed by atoms with Crippen molar-refractivity contribution in [3.8, 4) is 0 Å². The Bertz CT molecular complexity index is 729. The van der Waals surface area contributed by atoms with Crippen LogP contribution in [0, 0.1) is 11.8 Å². The zero-order valence-corrected chi connectivity index (χ0v) is 18.1. The number of carbonyl (C=O) groups excluding carboxylic acids is 3. The molecule has 0 aromatic heterocycles. The third-order valence-corrected chi connectivity index (χ3v) is 5.57. The highest BCUT2D eigenvalue weighted by Gasteiger charge is 2.59. The summed E-state index contributed by atoms with van der Waals surface area (Å²) in [6.45, 7) is 5.47. The zero-order chi connectivity index (χ0) is 22.1. The molecule has 4 atom stereocenters. The lowest BCUT2D eigenvalue weighted by Gasteiger charge is -2.34. The largest absolute Gasteiger partial charge is 0.449 e. The number of nitrogens with one attached hydrogen (secondary N) is 1. The van der Waals surface area contributed by atoms with Crippen LogP contribution in [-0.4, -0.2) is 35.7 Å². The second-order valence-electron chi connectivity index (χ2n) is 7.37. The normalized spacial score (nSPS) is 22.7. The molecule has 9 heteroatoms. The van der Waals surface area contributed by atoms with E-state index in [1.165, 1.54) is 0 Å². The number of amides is 1. The van der Waals surface area contributed by atoms with Crippen molar-refractivity contribution in [1.29, 1.82) is 0 Å². The predicted octanol–water partition coefficient (Wildman–Crippen LogP) is 3.71. The van der Waals surface area contributed by atoms with E-state index < -0.39 is 35.6 Å². The fourth-order valence-corrected chi connectivity index (χ4v) is 3.50. The van der Waals surface area contributed by atoms with Gasteiger partial charge in [-0.05, 0) is 24.3 Å². The Labute approximate surface area is 181 Å². The second-order valence-corrected chi connectivity index (χ2v) is 7.59. The summed E-state index contributed by atoms with van der Waals surface area (Å²) < 4.78 is 10.1. The van der Waals surface area contributed by atoms with Crippen LogP contribution in [0.15, 0.2) is 30.3 Å². The van der Waals surface area contributed by atoms with Gasteiger partial charge in [0.15, 0.2) is 11.6 Å². The number of ether oxygens (including phenoxy) is 2. The van der Waals surface area contributed by atoms with Gasteiger partial charge in [-0.2, -0.15) is 4.89 Å². The van der Waals surface area contributed by atoms with Gasteiger partial charge in [-0.1, -0.05) is 69.1 Å². The Hall–Kier alpha value is -2.32. The molecule has 8 nitrogen and oxygen atoms in total. The van der Waals surface area contributed by atoms with Crippen LogP contribution in [0.2, 0.25) is 0 Å².